The van der Waals surface area contributed by atoms with Crippen molar-refractivity contribution in [2.24, 2.45) is 0 Å². The molecular weight excluding hydrogens is 348 g/mol. The predicted molar refractivity (Wildman–Crippen MR) is 101 cm³/mol. The van der Waals surface area contributed by atoms with Crippen molar-refractivity contribution >= 4 is 22.9 Å². The van der Waals surface area contributed by atoms with Crippen molar-refractivity contribution in [3.8, 4) is 11.5 Å². The molecule has 0 saturated heterocycles. The third-order valence-corrected chi connectivity index (χ3v) is 3.96. The molecule has 27 heavy (non-hydrogen) atoms. The Morgan fingerprint density at radius 2 is 2.11 bits per heavy atom. The van der Waals surface area contributed by atoms with Crippen LogP contribution in [0.2, 0.25) is 0 Å². The Morgan fingerprint density at radius 3 is 2.89 bits per heavy atom. The van der Waals surface area contributed by atoms with Gasteiger partial charge in [0.25, 0.3) is 0 Å². The van der Waals surface area contributed by atoms with Crippen LogP contribution in [0.3, 0.4) is 0 Å². The summed E-state index contributed by atoms with van der Waals surface area (Å²) in [5.41, 5.74) is 2.18. The van der Waals surface area contributed by atoms with Gasteiger partial charge in [-0.25, -0.2) is 15.0 Å². The fourth-order valence-electron chi connectivity index (χ4n) is 2.69. The van der Waals surface area contributed by atoms with Gasteiger partial charge in [-0.2, -0.15) is 0 Å². The van der Waals surface area contributed by atoms with Crippen LogP contribution in [0.1, 0.15) is 12.5 Å². The zero-order chi connectivity index (χ0) is 19.2. The average Bonchev–Trinajstić information content (AvgIpc) is 3.16. The van der Waals surface area contributed by atoms with Crippen LogP contribution in [0, 0.1) is 0 Å². The van der Waals surface area contributed by atoms with Crippen molar-refractivity contribution in [1.29, 1.82) is 0 Å². The normalized spacial score (nSPS) is 10.6. The first-order valence-corrected chi connectivity index (χ1v) is 8.54. The zero-order valence-electron chi connectivity index (χ0n) is 15.5. The summed E-state index contributed by atoms with van der Waals surface area (Å²) >= 11 is 0. The van der Waals surface area contributed by atoms with E-state index in [2.05, 4.69) is 25.3 Å². The molecule has 3 rings (SSSR count). The number of aromatic amines is 1. The zero-order valence-corrected chi connectivity index (χ0v) is 15.5. The minimum atomic E-state index is -0.128. The minimum absolute atomic E-state index is 0.128. The number of nitrogens with zero attached hydrogens (tertiary/aromatic N) is 4. The van der Waals surface area contributed by atoms with E-state index in [1.165, 1.54) is 6.33 Å². The maximum absolute atomic E-state index is 12.3. The Kier molecular flexibility index (Phi) is 5.70. The lowest BCUT2D eigenvalue weighted by atomic mass is 10.2. The number of hydrogen-bond acceptors (Lipinski definition) is 7. The lowest BCUT2D eigenvalue weighted by molar-refractivity contribution is -0.119. The Morgan fingerprint density at radius 1 is 1.26 bits per heavy atom. The summed E-state index contributed by atoms with van der Waals surface area (Å²) in [7, 11) is 3.38. The molecule has 3 aromatic rings. The first kappa shape index (κ1) is 18.4. The lowest BCUT2D eigenvalue weighted by Crippen LogP contribution is -2.35. The number of carbonyl (C=O) groups excluding carboxylic acids is 1. The number of hydrogen-bond donors (Lipinski definition) is 2. The smallest absolute Gasteiger partial charge is 0.239 e. The summed E-state index contributed by atoms with van der Waals surface area (Å²) in [6.45, 7) is 3.02. The van der Waals surface area contributed by atoms with Gasteiger partial charge < -0.3 is 24.7 Å². The molecule has 0 aliphatic rings. The highest BCUT2D eigenvalue weighted by Crippen LogP contribution is 2.28. The number of carbonyl (C=O) groups is 1. The number of amides is 1. The van der Waals surface area contributed by atoms with Crippen LogP contribution in [-0.4, -0.2) is 53.2 Å². The topological polar surface area (TPSA) is 105 Å². The van der Waals surface area contributed by atoms with E-state index in [0.717, 1.165) is 5.56 Å². The van der Waals surface area contributed by atoms with Gasteiger partial charge in [-0.05, 0) is 24.6 Å². The second-order valence-electron chi connectivity index (χ2n) is 5.85. The molecule has 0 radical (unpaired) electrons. The monoisotopic (exact) mass is 370 g/mol. The van der Waals surface area contributed by atoms with Gasteiger partial charge in [-0.1, -0.05) is 6.07 Å². The molecule has 0 atom stereocenters. The second-order valence-corrected chi connectivity index (χ2v) is 5.85. The van der Waals surface area contributed by atoms with Crippen LogP contribution in [0.15, 0.2) is 30.9 Å². The average molecular weight is 370 g/mol. The van der Waals surface area contributed by atoms with Crippen molar-refractivity contribution in [1.82, 2.24) is 25.3 Å². The number of benzene rings is 1. The molecule has 2 N–H and O–H groups in total. The molecule has 0 aliphatic carbocycles. The van der Waals surface area contributed by atoms with Crippen LogP contribution in [0.5, 0.6) is 11.5 Å². The molecule has 9 heteroatoms. The van der Waals surface area contributed by atoms with Crippen LogP contribution in [-0.2, 0) is 11.3 Å². The van der Waals surface area contributed by atoms with Gasteiger partial charge >= 0.3 is 0 Å². The van der Waals surface area contributed by atoms with Gasteiger partial charge in [0.15, 0.2) is 23.0 Å². The molecule has 0 saturated carbocycles. The van der Waals surface area contributed by atoms with Crippen LogP contribution >= 0.6 is 0 Å². The van der Waals surface area contributed by atoms with E-state index in [9.17, 15) is 4.79 Å². The third-order valence-electron chi connectivity index (χ3n) is 3.96. The molecule has 1 aromatic carbocycles. The predicted octanol–water partition coefficient (Wildman–Crippen LogP) is 1.51. The van der Waals surface area contributed by atoms with Crippen LogP contribution in [0.4, 0.5) is 5.82 Å². The molecule has 9 nitrogen and oxygen atoms in total. The van der Waals surface area contributed by atoms with Gasteiger partial charge in [-0.3, -0.25) is 4.79 Å². The highest BCUT2D eigenvalue weighted by atomic mass is 16.5. The molecule has 142 valence electrons. The summed E-state index contributed by atoms with van der Waals surface area (Å²) in [4.78, 5) is 29.5. The highest BCUT2D eigenvalue weighted by Gasteiger charge is 2.14. The molecule has 0 aliphatic heterocycles. The number of fused-ring (bicyclic) bond motifs is 1. The number of nitrogens with one attached hydrogen (secondary N) is 2. The molecule has 0 fully saturated rings. The van der Waals surface area contributed by atoms with Gasteiger partial charge in [0, 0.05) is 13.6 Å². The number of anilines is 1. The van der Waals surface area contributed by atoms with E-state index < -0.39 is 0 Å². The minimum Gasteiger partial charge on any atom is -0.493 e. The Bertz CT molecular complexity index is 926. The molecule has 1 amide bonds. The molecular formula is C18H22N6O3. The maximum atomic E-state index is 12.3. The molecule has 0 unspecified atom stereocenters. The van der Waals surface area contributed by atoms with E-state index >= 15 is 0 Å². The van der Waals surface area contributed by atoms with E-state index in [0.29, 0.717) is 41.6 Å². The maximum Gasteiger partial charge on any atom is 0.239 e. The van der Waals surface area contributed by atoms with Crippen molar-refractivity contribution in [2.75, 3.05) is 32.2 Å². The number of ether oxygens (including phenoxy) is 2. The summed E-state index contributed by atoms with van der Waals surface area (Å²) in [5.74, 6) is 1.82. The molecule has 2 heterocycles. The number of methoxy groups -OCH3 is 1. The van der Waals surface area contributed by atoms with Crippen molar-refractivity contribution in [3.05, 3.63) is 36.4 Å². The number of aromatic nitrogens is 4. The highest BCUT2D eigenvalue weighted by molar-refractivity contribution is 5.86. The summed E-state index contributed by atoms with van der Waals surface area (Å²) < 4.78 is 10.8. The quantitative estimate of drug-likeness (QED) is 0.619. The largest absolute Gasteiger partial charge is 0.493 e. The van der Waals surface area contributed by atoms with Crippen molar-refractivity contribution < 1.29 is 14.3 Å². The van der Waals surface area contributed by atoms with Gasteiger partial charge in [0.2, 0.25) is 5.91 Å². The van der Waals surface area contributed by atoms with Gasteiger partial charge in [0.05, 0.1) is 26.6 Å². The van der Waals surface area contributed by atoms with E-state index in [1.807, 2.05) is 25.1 Å². The second kappa shape index (κ2) is 8.35. The van der Waals surface area contributed by atoms with Crippen molar-refractivity contribution in [2.45, 2.75) is 13.5 Å². The van der Waals surface area contributed by atoms with Gasteiger partial charge in [0.1, 0.15) is 11.8 Å². The van der Waals surface area contributed by atoms with Crippen LogP contribution in [0.25, 0.3) is 11.2 Å². The van der Waals surface area contributed by atoms with E-state index in [-0.39, 0.29) is 12.5 Å². The van der Waals surface area contributed by atoms with E-state index in [1.54, 1.807) is 25.4 Å². The molecule has 0 spiro atoms. The number of H-pyrrole nitrogens is 1. The van der Waals surface area contributed by atoms with Crippen molar-refractivity contribution in [3.63, 3.8) is 0 Å². The fourth-order valence-corrected chi connectivity index (χ4v) is 2.69. The standard InChI is InChI=1S/C18H22N6O3/c1-4-27-13-6-5-12(7-14(13)26-3)8-19-15(25)9-24(2)18-16-17(21-10-20-16)22-11-23-18/h5-7,10-11H,4,8-9H2,1-3H3,(H,19,25)(H,20,21,22,23). The van der Waals surface area contributed by atoms with Crippen LogP contribution < -0.4 is 19.7 Å². The molecule has 0 bridgehead atoms. The Labute approximate surface area is 156 Å². The Hall–Kier alpha value is -3.36. The van der Waals surface area contributed by atoms with E-state index in [4.69, 9.17) is 9.47 Å². The third kappa shape index (κ3) is 4.25. The lowest BCUT2D eigenvalue weighted by Gasteiger charge is -2.18. The first-order chi connectivity index (χ1) is 13.1. The fraction of sp³-hybridized carbons (Fsp3) is 0.333. The summed E-state index contributed by atoms with van der Waals surface area (Å²) in [5, 5.41) is 2.90. The number of likely N-dealkylation sites (N-methyl/N-ethyl adjacent to an activating group) is 1. The SMILES string of the molecule is CCOc1ccc(CNC(=O)CN(C)c2ncnc3nc[nH]c23)cc1OC. The van der Waals surface area contributed by atoms with Gasteiger partial charge in [-0.15, -0.1) is 0 Å². The number of rotatable bonds is 8. The summed E-state index contributed by atoms with van der Waals surface area (Å²) in [6.07, 6.45) is 2.98. The molecule has 2 aromatic heterocycles. The Balaban J connectivity index is 1.60. The number of imidazole rings is 1. The first-order valence-electron chi connectivity index (χ1n) is 8.54. The summed E-state index contributed by atoms with van der Waals surface area (Å²) in [6, 6.07) is 5.59.